The van der Waals surface area contributed by atoms with Crippen LogP contribution in [-0.4, -0.2) is 31.1 Å². The summed E-state index contributed by atoms with van der Waals surface area (Å²) in [6.45, 7) is 9.48. The Morgan fingerprint density at radius 1 is 1.20 bits per heavy atom. The second-order valence-electron chi connectivity index (χ2n) is 5.95. The van der Waals surface area contributed by atoms with Gasteiger partial charge in [0.25, 0.3) is 0 Å². The molecule has 0 radical (unpaired) electrons. The summed E-state index contributed by atoms with van der Waals surface area (Å²) in [7, 11) is 1.48. The van der Waals surface area contributed by atoms with E-state index in [1.54, 1.807) is 0 Å². The summed E-state index contributed by atoms with van der Waals surface area (Å²) in [5.41, 5.74) is 5.51. The maximum Gasteiger partial charge on any atom is 0.308 e. The Morgan fingerprint density at radius 2 is 1.75 bits per heavy atom. The van der Waals surface area contributed by atoms with Crippen molar-refractivity contribution in [3.63, 3.8) is 0 Å². The van der Waals surface area contributed by atoms with E-state index >= 15 is 0 Å². The summed E-state index contributed by atoms with van der Waals surface area (Å²) >= 11 is 0. The van der Waals surface area contributed by atoms with E-state index in [2.05, 4.69) is 37.8 Å². The number of methoxy groups -OCH3 is 1. The van der Waals surface area contributed by atoms with Crippen molar-refractivity contribution in [2.24, 2.45) is 5.92 Å². The zero-order valence-corrected chi connectivity index (χ0v) is 13.0. The van der Waals surface area contributed by atoms with Crippen LogP contribution in [0.4, 0.5) is 0 Å². The van der Waals surface area contributed by atoms with Gasteiger partial charge in [0, 0.05) is 6.54 Å². The minimum atomic E-state index is -0.0488. The molecule has 1 fully saturated rings. The van der Waals surface area contributed by atoms with Gasteiger partial charge in [-0.2, -0.15) is 0 Å². The van der Waals surface area contributed by atoms with E-state index in [1.165, 1.54) is 29.4 Å². The van der Waals surface area contributed by atoms with E-state index in [0.717, 1.165) is 32.5 Å². The van der Waals surface area contributed by atoms with Crippen molar-refractivity contribution < 1.29 is 9.53 Å². The molecule has 0 N–H and O–H groups in total. The molecule has 1 heterocycles. The average molecular weight is 275 g/mol. The third-order valence-corrected chi connectivity index (χ3v) is 4.34. The number of hydrogen-bond donors (Lipinski definition) is 0. The summed E-state index contributed by atoms with van der Waals surface area (Å²) in [6.07, 6.45) is 1.83. The predicted octanol–water partition coefficient (Wildman–Crippen LogP) is 3.00. The number of hydrogen-bond acceptors (Lipinski definition) is 3. The fourth-order valence-corrected chi connectivity index (χ4v) is 3.18. The van der Waals surface area contributed by atoms with Gasteiger partial charge in [-0.25, -0.2) is 0 Å². The zero-order valence-electron chi connectivity index (χ0n) is 13.0. The topological polar surface area (TPSA) is 29.5 Å². The highest BCUT2D eigenvalue weighted by Gasteiger charge is 2.25. The lowest BCUT2D eigenvalue weighted by atomic mass is 9.95. The molecular formula is C17H25NO2. The summed E-state index contributed by atoms with van der Waals surface area (Å²) in [5, 5.41) is 0. The Bertz CT molecular complexity index is 465. The van der Waals surface area contributed by atoms with Gasteiger partial charge in [0.1, 0.15) is 0 Å². The quantitative estimate of drug-likeness (QED) is 0.794. The first-order valence-corrected chi connectivity index (χ1v) is 7.38. The van der Waals surface area contributed by atoms with Gasteiger partial charge in [-0.05, 0) is 63.4 Å². The summed E-state index contributed by atoms with van der Waals surface area (Å²) in [6, 6.07) is 4.51. The van der Waals surface area contributed by atoms with E-state index in [4.69, 9.17) is 4.74 Å². The smallest absolute Gasteiger partial charge is 0.308 e. The second-order valence-corrected chi connectivity index (χ2v) is 5.95. The van der Waals surface area contributed by atoms with E-state index < -0.39 is 0 Å². The largest absolute Gasteiger partial charge is 0.469 e. The molecule has 0 aromatic heterocycles. The zero-order chi connectivity index (χ0) is 14.7. The molecule has 0 amide bonds. The van der Waals surface area contributed by atoms with Crippen LogP contribution in [0.1, 0.15) is 35.1 Å². The normalized spacial score (nSPS) is 17.2. The highest BCUT2D eigenvalue weighted by molar-refractivity contribution is 5.72. The van der Waals surface area contributed by atoms with Crippen LogP contribution in [-0.2, 0) is 16.1 Å². The number of nitrogens with zero attached hydrogens (tertiary/aromatic N) is 1. The van der Waals surface area contributed by atoms with Gasteiger partial charge >= 0.3 is 5.97 Å². The Hall–Kier alpha value is -1.35. The number of ether oxygens (including phenoxy) is 1. The fourth-order valence-electron chi connectivity index (χ4n) is 3.18. The van der Waals surface area contributed by atoms with Crippen LogP contribution in [0.15, 0.2) is 12.1 Å². The molecule has 110 valence electrons. The van der Waals surface area contributed by atoms with Crippen LogP contribution in [0, 0.1) is 26.7 Å². The van der Waals surface area contributed by atoms with Gasteiger partial charge in [0.05, 0.1) is 13.0 Å². The van der Waals surface area contributed by atoms with Crippen LogP contribution in [0.3, 0.4) is 0 Å². The van der Waals surface area contributed by atoms with E-state index in [9.17, 15) is 4.79 Å². The maximum absolute atomic E-state index is 11.5. The maximum atomic E-state index is 11.5. The van der Waals surface area contributed by atoms with Crippen LogP contribution in [0.5, 0.6) is 0 Å². The lowest BCUT2D eigenvalue weighted by Gasteiger charge is -2.31. The molecule has 20 heavy (non-hydrogen) atoms. The molecular weight excluding hydrogens is 250 g/mol. The van der Waals surface area contributed by atoms with Crippen molar-refractivity contribution in [3.05, 3.63) is 34.4 Å². The molecule has 0 saturated carbocycles. The van der Waals surface area contributed by atoms with Crippen LogP contribution in [0.2, 0.25) is 0 Å². The number of benzene rings is 1. The molecule has 3 nitrogen and oxygen atoms in total. The Labute approximate surface area is 121 Å². The monoisotopic (exact) mass is 275 g/mol. The number of rotatable bonds is 3. The van der Waals surface area contributed by atoms with E-state index in [1.807, 2.05) is 0 Å². The lowest BCUT2D eigenvalue weighted by molar-refractivity contribution is -0.147. The van der Waals surface area contributed by atoms with Gasteiger partial charge < -0.3 is 4.74 Å². The number of likely N-dealkylation sites (tertiary alicyclic amines) is 1. The van der Waals surface area contributed by atoms with Gasteiger partial charge in [0.15, 0.2) is 0 Å². The fraction of sp³-hybridized carbons (Fsp3) is 0.588. The number of carbonyl (C=O) groups excluding carboxylic acids is 1. The molecule has 0 spiro atoms. The van der Waals surface area contributed by atoms with E-state index in [-0.39, 0.29) is 11.9 Å². The molecule has 3 heteroatoms. The SMILES string of the molecule is COC(=O)C1CCN(Cc2c(C)cc(C)cc2C)CC1. The molecule has 1 aliphatic rings. The molecule has 2 rings (SSSR count). The van der Waals surface area contributed by atoms with Gasteiger partial charge in [-0.1, -0.05) is 17.7 Å². The Balaban J connectivity index is 1.98. The second kappa shape index (κ2) is 6.40. The first-order valence-electron chi connectivity index (χ1n) is 7.38. The minimum Gasteiger partial charge on any atom is -0.469 e. The van der Waals surface area contributed by atoms with Crippen molar-refractivity contribution in [2.75, 3.05) is 20.2 Å². The summed E-state index contributed by atoms with van der Waals surface area (Å²) in [5.74, 6) is 0.0452. The van der Waals surface area contributed by atoms with Crippen molar-refractivity contribution in [3.8, 4) is 0 Å². The standard InChI is InChI=1S/C17H25NO2/c1-12-9-13(2)16(14(3)10-12)11-18-7-5-15(6-8-18)17(19)20-4/h9-10,15H,5-8,11H2,1-4H3. The first kappa shape index (κ1) is 15.0. The Kier molecular flexibility index (Phi) is 4.81. The van der Waals surface area contributed by atoms with Crippen molar-refractivity contribution >= 4 is 5.97 Å². The van der Waals surface area contributed by atoms with E-state index in [0.29, 0.717) is 0 Å². The predicted molar refractivity (Wildman–Crippen MR) is 80.7 cm³/mol. The molecule has 0 bridgehead atoms. The van der Waals surface area contributed by atoms with Gasteiger partial charge in [0.2, 0.25) is 0 Å². The molecule has 0 unspecified atom stereocenters. The summed E-state index contributed by atoms with van der Waals surface area (Å²) < 4.78 is 4.84. The third kappa shape index (κ3) is 3.40. The molecule has 1 aromatic rings. The van der Waals surface area contributed by atoms with Crippen LogP contribution >= 0.6 is 0 Å². The van der Waals surface area contributed by atoms with Crippen molar-refractivity contribution in [1.29, 1.82) is 0 Å². The number of carbonyl (C=O) groups is 1. The molecule has 0 atom stereocenters. The minimum absolute atomic E-state index is 0.0488. The number of aryl methyl sites for hydroxylation is 3. The van der Waals surface area contributed by atoms with Crippen molar-refractivity contribution in [1.82, 2.24) is 4.90 Å². The highest BCUT2D eigenvalue weighted by Crippen LogP contribution is 2.23. The first-order chi connectivity index (χ1) is 9.51. The van der Waals surface area contributed by atoms with Crippen molar-refractivity contribution in [2.45, 2.75) is 40.2 Å². The molecule has 1 saturated heterocycles. The Morgan fingerprint density at radius 3 is 2.25 bits per heavy atom. The summed E-state index contributed by atoms with van der Waals surface area (Å²) in [4.78, 5) is 14.0. The third-order valence-electron chi connectivity index (χ3n) is 4.34. The van der Waals surface area contributed by atoms with Crippen LogP contribution < -0.4 is 0 Å². The molecule has 1 aliphatic heterocycles. The van der Waals surface area contributed by atoms with Gasteiger partial charge in [-0.15, -0.1) is 0 Å². The van der Waals surface area contributed by atoms with Gasteiger partial charge in [-0.3, -0.25) is 9.69 Å². The highest BCUT2D eigenvalue weighted by atomic mass is 16.5. The number of esters is 1. The average Bonchev–Trinajstić information content (AvgIpc) is 2.42. The number of piperidine rings is 1. The lowest BCUT2D eigenvalue weighted by Crippen LogP contribution is -2.36. The molecule has 1 aromatic carbocycles. The van der Waals surface area contributed by atoms with Crippen LogP contribution in [0.25, 0.3) is 0 Å². The molecule has 0 aliphatic carbocycles.